The first-order valence-corrected chi connectivity index (χ1v) is 18.9. The minimum atomic E-state index is -0.0579. The number of aromatic nitrogens is 1. The second-order valence-electron chi connectivity index (χ2n) is 14.3. The summed E-state index contributed by atoms with van der Waals surface area (Å²) in [6.45, 7) is 4.65. The molecule has 0 bridgehead atoms. The lowest BCUT2D eigenvalue weighted by atomic mass is 9.70. The molecule has 1 aliphatic rings. The third-order valence-corrected chi connectivity index (χ3v) is 11.2. The second kappa shape index (κ2) is 14.2. The SMILES string of the molecule is CCCCCC1(CCCCC)c2cc(-c3cccc4c3[nH]c3ccccc34)ccc2-c2ccc(N(c3ccccc3)c3ccc(OC)cc3)cc21. The number of aromatic amines is 1. The van der Waals surface area contributed by atoms with Gasteiger partial charge in [0, 0.05) is 44.3 Å². The number of rotatable bonds is 13. The molecule has 3 heteroatoms. The molecule has 1 aromatic heterocycles. The average Bonchev–Trinajstić information content (AvgIpc) is 3.69. The van der Waals surface area contributed by atoms with E-state index >= 15 is 0 Å². The van der Waals surface area contributed by atoms with E-state index in [4.69, 9.17) is 4.74 Å². The van der Waals surface area contributed by atoms with Gasteiger partial charge in [-0.2, -0.15) is 0 Å². The van der Waals surface area contributed by atoms with E-state index in [2.05, 4.69) is 157 Å². The predicted molar refractivity (Wildman–Crippen MR) is 217 cm³/mol. The molecule has 256 valence electrons. The van der Waals surface area contributed by atoms with Crippen molar-refractivity contribution < 1.29 is 4.74 Å². The molecule has 0 radical (unpaired) electrons. The van der Waals surface area contributed by atoms with Gasteiger partial charge in [-0.15, -0.1) is 0 Å². The normalized spacial score (nSPS) is 13.0. The van der Waals surface area contributed by atoms with Crippen molar-refractivity contribution in [2.24, 2.45) is 0 Å². The monoisotopic (exact) mass is 668 g/mol. The number of nitrogens with zero attached hydrogens (tertiary/aromatic N) is 1. The molecular formula is C48H48N2O. The molecule has 3 nitrogen and oxygen atoms in total. The Morgan fingerprint density at radius 2 is 1.18 bits per heavy atom. The Kier molecular flexibility index (Phi) is 9.13. The summed E-state index contributed by atoms with van der Waals surface area (Å²) in [5, 5.41) is 2.57. The molecule has 1 aliphatic carbocycles. The lowest BCUT2D eigenvalue weighted by Crippen LogP contribution is -2.26. The molecular weight excluding hydrogens is 621 g/mol. The smallest absolute Gasteiger partial charge is 0.119 e. The summed E-state index contributed by atoms with van der Waals surface area (Å²) in [6.07, 6.45) is 9.66. The van der Waals surface area contributed by atoms with Gasteiger partial charge in [0.25, 0.3) is 0 Å². The zero-order valence-corrected chi connectivity index (χ0v) is 30.2. The molecule has 0 atom stereocenters. The van der Waals surface area contributed by atoms with E-state index in [-0.39, 0.29) is 5.41 Å². The van der Waals surface area contributed by atoms with Gasteiger partial charge in [0.05, 0.1) is 12.6 Å². The van der Waals surface area contributed by atoms with Gasteiger partial charge in [-0.3, -0.25) is 0 Å². The number of nitrogens with one attached hydrogen (secondary N) is 1. The molecule has 7 aromatic rings. The molecule has 1 N–H and O–H groups in total. The Balaban J connectivity index is 1.31. The zero-order chi connectivity index (χ0) is 34.8. The number of unbranched alkanes of at least 4 members (excludes halogenated alkanes) is 4. The number of methoxy groups -OCH3 is 1. The zero-order valence-electron chi connectivity index (χ0n) is 30.2. The van der Waals surface area contributed by atoms with Crippen molar-refractivity contribution in [1.29, 1.82) is 0 Å². The Hall–Kier alpha value is -5.28. The predicted octanol–water partition coefficient (Wildman–Crippen LogP) is 13.9. The van der Waals surface area contributed by atoms with Gasteiger partial charge >= 0.3 is 0 Å². The van der Waals surface area contributed by atoms with Crippen LogP contribution in [0.5, 0.6) is 5.75 Å². The highest BCUT2D eigenvalue weighted by atomic mass is 16.5. The van der Waals surface area contributed by atoms with E-state index in [1.807, 2.05) is 0 Å². The second-order valence-corrected chi connectivity index (χ2v) is 14.3. The van der Waals surface area contributed by atoms with Crippen molar-refractivity contribution in [2.45, 2.75) is 70.6 Å². The third-order valence-electron chi connectivity index (χ3n) is 11.2. The molecule has 0 spiro atoms. The van der Waals surface area contributed by atoms with Crippen molar-refractivity contribution in [3.8, 4) is 28.0 Å². The van der Waals surface area contributed by atoms with Crippen LogP contribution in [0, 0.1) is 0 Å². The summed E-state index contributed by atoms with van der Waals surface area (Å²) in [6, 6.07) is 49.3. The van der Waals surface area contributed by atoms with Crippen molar-refractivity contribution >= 4 is 38.9 Å². The maximum atomic E-state index is 5.54. The maximum Gasteiger partial charge on any atom is 0.119 e. The summed E-state index contributed by atoms with van der Waals surface area (Å²) >= 11 is 0. The highest BCUT2D eigenvalue weighted by Crippen LogP contribution is 2.56. The highest BCUT2D eigenvalue weighted by molar-refractivity contribution is 6.12. The van der Waals surface area contributed by atoms with Crippen molar-refractivity contribution in [2.75, 3.05) is 12.0 Å². The first-order valence-electron chi connectivity index (χ1n) is 18.9. The topological polar surface area (TPSA) is 28.3 Å². The minimum absolute atomic E-state index is 0.0579. The number of hydrogen-bond donors (Lipinski definition) is 1. The van der Waals surface area contributed by atoms with Gasteiger partial charge in [0.1, 0.15) is 5.75 Å². The Morgan fingerprint density at radius 3 is 1.90 bits per heavy atom. The van der Waals surface area contributed by atoms with Crippen LogP contribution in [-0.4, -0.2) is 12.1 Å². The van der Waals surface area contributed by atoms with E-state index in [9.17, 15) is 0 Å². The first kappa shape index (κ1) is 32.9. The van der Waals surface area contributed by atoms with E-state index < -0.39 is 0 Å². The molecule has 0 unspecified atom stereocenters. The van der Waals surface area contributed by atoms with Crippen LogP contribution in [-0.2, 0) is 5.41 Å². The summed E-state index contributed by atoms with van der Waals surface area (Å²) in [5.41, 5.74) is 14.1. The molecule has 0 saturated carbocycles. The molecule has 6 aromatic carbocycles. The van der Waals surface area contributed by atoms with Crippen LogP contribution in [0.4, 0.5) is 17.1 Å². The van der Waals surface area contributed by atoms with Gasteiger partial charge in [0.15, 0.2) is 0 Å². The van der Waals surface area contributed by atoms with E-state index in [0.717, 1.165) is 30.0 Å². The number of hydrogen-bond acceptors (Lipinski definition) is 2. The molecule has 51 heavy (non-hydrogen) atoms. The van der Waals surface area contributed by atoms with Crippen LogP contribution in [0.1, 0.15) is 76.3 Å². The Labute approximate surface area is 302 Å². The molecule has 8 rings (SSSR count). The molecule has 0 saturated heterocycles. The molecule has 0 amide bonds. The number of H-pyrrole nitrogens is 1. The number of ether oxygens (including phenoxy) is 1. The quantitative estimate of drug-likeness (QED) is 0.124. The average molecular weight is 669 g/mol. The van der Waals surface area contributed by atoms with Crippen LogP contribution < -0.4 is 9.64 Å². The lowest BCUT2D eigenvalue weighted by Gasteiger charge is -2.34. The fourth-order valence-corrected chi connectivity index (χ4v) is 8.68. The number of para-hydroxylation sites is 3. The van der Waals surface area contributed by atoms with Gasteiger partial charge in [-0.25, -0.2) is 0 Å². The Bertz CT molecular complexity index is 2270. The van der Waals surface area contributed by atoms with Crippen LogP contribution >= 0.6 is 0 Å². The lowest BCUT2D eigenvalue weighted by molar-refractivity contribution is 0.405. The van der Waals surface area contributed by atoms with Crippen molar-refractivity contribution in [3.63, 3.8) is 0 Å². The van der Waals surface area contributed by atoms with Crippen molar-refractivity contribution in [3.05, 3.63) is 145 Å². The summed E-state index contributed by atoms with van der Waals surface area (Å²) in [5.74, 6) is 0.862. The van der Waals surface area contributed by atoms with Gasteiger partial charge in [-0.1, -0.05) is 125 Å². The molecule has 1 heterocycles. The summed E-state index contributed by atoms with van der Waals surface area (Å²) < 4.78 is 5.54. The van der Waals surface area contributed by atoms with Gasteiger partial charge in [-0.05, 0) is 101 Å². The maximum absolute atomic E-state index is 5.54. The molecule has 0 aliphatic heterocycles. The summed E-state index contributed by atoms with van der Waals surface area (Å²) in [4.78, 5) is 6.18. The Morgan fingerprint density at radius 1 is 0.549 bits per heavy atom. The van der Waals surface area contributed by atoms with E-state index in [1.54, 1.807) is 7.11 Å². The van der Waals surface area contributed by atoms with Crippen molar-refractivity contribution in [1.82, 2.24) is 4.98 Å². The third kappa shape index (κ3) is 5.89. The van der Waals surface area contributed by atoms with Crippen LogP contribution in [0.25, 0.3) is 44.1 Å². The number of anilines is 3. The van der Waals surface area contributed by atoms with Crippen LogP contribution in [0.15, 0.2) is 133 Å². The van der Waals surface area contributed by atoms with Crippen LogP contribution in [0.2, 0.25) is 0 Å². The first-order chi connectivity index (χ1) is 25.1. The largest absolute Gasteiger partial charge is 0.497 e. The number of fused-ring (bicyclic) bond motifs is 6. The van der Waals surface area contributed by atoms with E-state index in [0.29, 0.717) is 0 Å². The van der Waals surface area contributed by atoms with Gasteiger partial charge < -0.3 is 14.6 Å². The highest BCUT2D eigenvalue weighted by Gasteiger charge is 2.43. The molecule has 0 fully saturated rings. The minimum Gasteiger partial charge on any atom is -0.497 e. The van der Waals surface area contributed by atoms with E-state index in [1.165, 1.54) is 99.4 Å². The van der Waals surface area contributed by atoms with Gasteiger partial charge in [0.2, 0.25) is 0 Å². The summed E-state index contributed by atoms with van der Waals surface area (Å²) in [7, 11) is 1.73. The number of benzene rings is 6. The fourth-order valence-electron chi connectivity index (χ4n) is 8.68. The van der Waals surface area contributed by atoms with Crippen LogP contribution in [0.3, 0.4) is 0 Å². The fraction of sp³-hybridized carbons (Fsp3) is 0.250. The standard InChI is InChI=1S/C48H48N2O/c1-4-6-13-30-48(31-14-7-5-2)44-32-34(39-19-15-20-43-42-18-11-12-21-46(42)49-47(39)43)22-28-40(44)41-29-25-37(33-45(41)48)50(35-16-9-8-10-17-35)36-23-26-38(51-3)27-24-36/h8-12,15-29,32-33,49H,4-7,13-14,30-31H2,1-3H3.